The third-order valence-electron chi connectivity index (χ3n) is 3.73. The summed E-state index contributed by atoms with van der Waals surface area (Å²) in [5.41, 5.74) is 0. The van der Waals surface area contributed by atoms with E-state index in [-0.39, 0.29) is 11.1 Å². The minimum atomic E-state index is -1.61. The summed E-state index contributed by atoms with van der Waals surface area (Å²) in [6, 6.07) is 0. The minimum Gasteiger partial charge on any atom is -0.417 e. The third-order valence-corrected chi connectivity index (χ3v) is 8.27. The molecular weight excluding hydrogens is 240 g/mol. The quantitative estimate of drug-likeness (QED) is 0.400. The molecule has 0 unspecified atom stereocenters. The molecule has 0 saturated heterocycles. The molecule has 0 aliphatic carbocycles. The van der Waals surface area contributed by atoms with Gasteiger partial charge in [-0.05, 0) is 37.4 Å². The van der Waals surface area contributed by atoms with E-state index < -0.39 is 8.32 Å². The van der Waals surface area contributed by atoms with Crippen molar-refractivity contribution in [2.75, 3.05) is 6.61 Å². The van der Waals surface area contributed by atoms with Crippen LogP contribution in [0.4, 0.5) is 0 Å². The molecule has 0 radical (unpaired) electrons. The molecule has 0 saturated carbocycles. The molecule has 0 spiro atoms. The molecule has 0 aromatic rings. The molecule has 0 aliphatic heterocycles. The first-order valence-corrected chi connectivity index (χ1v) is 10.1. The van der Waals surface area contributed by atoms with Gasteiger partial charge in [-0.15, -0.1) is 0 Å². The first-order chi connectivity index (χ1) is 8.20. The summed E-state index contributed by atoms with van der Waals surface area (Å²) < 4.78 is 6.07. The second kappa shape index (κ2) is 8.13. The van der Waals surface area contributed by atoms with Gasteiger partial charge in [0.05, 0.1) is 6.10 Å². The third kappa shape index (κ3) is 7.34. The number of unbranched alkanes of at least 4 members (excludes halogenated alkanes) is 1. The Morgan fingerprint density at radius 1 is 1.28 bits per heavy atom. The lowest BCUT2D eigenvalue weighted by atomic mass is 10.2. The van der Waals surface area contributed by atoms with E-state index in [1.807, 2.05) is 6.08 Å². The van der Waals surface area contributed by atoms with E-state index in [1.54, 1.807) is 0 Å². The number of hydrogen-bond donors (Lipinski definition) is 1. The number of rotatable bonds is 8. The molecule has 0 aromatic heterocycles. The van der Waals surface area contributed by atoms with Crippen LogP contribution in [0.5, 0.6) is 0 Å². The number of hydrogen-bond acceptors (Lipinski definition) is 2. The zero-order valence-electron chi connectivity index (χ0n) is 13.1. The highest BCUT2D eigenvalue weighted by Crippen LogP contribution is 2.36. The van der Waals surface area contributed by atoms with Gasteiger partial charge in [-0.25, -0.2) is 0 Å². The van der Waals surface area contributed by atoms with Crippen LogP contribution in [0.25, 0.3) is 0 Å². The van der Waals surface area contributed by atoms with Crippen molar-refractivity contribution in [2.45, 2.75) is 77.6 Å². The van der Waals surface area contributed by atoms with E-state index >= 15 is 0 Å². The summed E-state index contributed by atoms with van der Waals surface area (Å²) in [6.07, 6.45) is 7.60. The molecule has 1 atom stereocenters. The van der Waals surface area contributed by atoms with Crippen molar-refractivity contribution >= 4 is 8.32 Å². The highest BCUT2D eigenvalue weighted by molar-refractivity contribution is 6.74. The fourth-order valence-corrected chi connectivity index (χ4v) is 2.44. The van der Waals surface area contributed by atoms with E-state index in [0.29, 0.717) is 0 Å². The highest BCUT2D eigenvalue weighted by Gasteiger charge is 2.36. The number of aliphatic hydroxyl groups excluding tert-OH is 1. The van der Waals surface area contributed by atoms with Crippen LogP contribution in [-0.2, 0) is 4.43 Å². The Balaban J connectivity index is 3.80. The molecule has 3 heteroatoms. The fraction of sp³-hybridized carbons (Fsp3) is 0.867. The van der Waals surface area contributed by atoms with E-state index in [4.69, 9.17) is 4.43 Å². The predicted octanol–water partition coefficient (Wildman–Crippen LogP) is 4.51. The van der Waals surface area contributed by atoms with E-state index in [9.17, 15) is 5.11 Å². The lowest BCUT2D eigenvalue weighted by molar-refractivity contribution is 0.191. The fourth-order valence-electron chi connectivity index (χ4n) is 1.35. The molecule has 0 rings (SSSR count). The Hall–Kier alpha value is -0.123. The van der Waals surface area contributed by atoms with Crippen LogP contribution in [0.15, 0.2) is 12.2 Å². The van der Waals surface area contributed by atoms with Crippen molar-refractivity contribution in [3.05, 3.63) is 12.2 Å². The molecule has 0 bridgehead atoms. The minimum absolute atomic E-state index is 0.270. The van der Waals surface area contributed by atoms with Crippen molar-refractivity contribution in [1.29, 1.82) is 0 Å². The lowest BCUT2D eigenvalue weighted by Crippen LogP contribution is -2.41. The second-order valence-electron chi connectivity index (χ2n) is 6.54. The largest absolute Gasteiger partial charge is 0.417 e. The van der Waals surface area contributed by atoms with Gasteiger partial charge in [-0.3, -0.25) is 0 Å². The molecule has 0 heterocycles. The molecule has 108 valence electrons. The maximum Gasteiger partial charge on any atom is 0.191 e. The SMILES string of the molecule is CCC/C=C/[C@H](O)CCCO[Si](C)(C)C(C)(C)C. The first-order valence-electron chi connectivity index (χ1n) is 7.19. The highest BCUT2D eigenvalue weighted by atomic mass is 28.4. The average Bonchev–Trinajstić information content (AvgIpc) is 2.23. The number of allylic oxidation sites excluding steroid dienone is 1. The molecule has 0 fully saturated rings. The molecular formula is C15H32O2Si. The second-order valence-corrected chi connectivity index (χ2v) is 11.3. The first kappa shape index (κ1) is 17.9. The van der Waals surface area contributed by atoms with Gasteiger partial charge in [0.15, 0.2) is 8.32 Å². The Kier molecular flexibility index (Phi) is 8.07. The Bertz CT molecular complexity index is 241. The summed E-state index contributed by atoms with van der Waals surface area (Å²) in [4.78, 5) is 0. The Labute approximate surface area is 115 Å². The van der Waals surface area contributed by atoms with Gasteiger partial charge in [-0.2, -0.15) is 0 Å². The summed E-state index contributed by atoms with van der Waals surface area (Å²) in [6.45, 7) is 14.2. The predicted molar refractivity (Wildman–Crippen MR) is 82.4 cm³/mol. The smallest absolute Gasteiger partial charge is 0.191 e. The monoisotopic (exact) mass is 272 g/mol. The van der Waals surface area contributed by atoms with Gasteiger partial charge in [0.25, 0.3) is 0 Å². The van der Waals surface area contributed by atoms with E-state index in [1.165, 1.54) is 0 Å². The normalized spacial score (nSPS) is 15.3. The maximum atomic E-state index is 9.73. The summed E-state index contributed by atoms with van der Waals surface area (Å²) >= 11 is 0. The van der Waals surface area contributed by atoms with Crippen molar-refractivity contribution in [3.63, 3.8) is 0 Å². The Morgan fingerprint density at radius 2 is 1.89 bits per heavy atom. The summed E-state index contributed by atoms with van der Waals surface area (Å²) in [5, 5.41) is 10.0. The number of aliphatic hydroxyl groups is 1. The summed E-state index contributed by atoms with van der Waals surface area (Å²) in [7, 11) is -1.61. The summed E-state index contributed by atoms with van der Waals surface area (Å²) in [5.74, 6) is 0. The van der Waals surface area contributed by atoms with Gasteiger partial charge < -0.3 is 9.53 Å². The van der Waals surface area contributed by atoms with Crippen LogP contribution >= 0.6 is 0 Å². The van der Waals surface area contributed by atoms with Crippen LogP contribution in [-0.4, -0.2) is 26.1 Å². The van der Waals surface area contributed by atoms with Crippen LogP contribution in [0.2, 0.25) is 18.1 Å². The zero-order valence-corrected chi connectivity index (χ0v) is 14.1. The van der Waals surface area contributed by atoms with Gasteiger partial charge >= 0.3 is 0 Å². The lowest BCUT2D eigenvalue weighted by Gasteiger charge is -2.36. The standard InChI is InChI=1S/C15H32O2Si/c1-7-8-9-11-14(16)12-10-13-17-18(5,6)15(2,3)4/h9,11,14,16H,7-8,10,12-13H2,1-6H3/b11-9+/t14-/m0/s1. The topological polar surface area (TPSA) is 29.5 Å². The molecule has 18 heavy (non-hydrogen) atoms. The maximum absolute atomic E-state index is 9.73. The molecule has 0 aliphatic rings. The molecule has 0 amide bonds. The van der Waals surface area contributed by atoms with Crippen LogP contribution in [0, 0.1) is 0 Å². The van der Waals surface area contributed by atoms with Crippen molar-refractivity contribution in [3.8, 4) is 0 Å². The van der Waals surface area contributed by atoms with Gasteiger partial charge in [-0.1, -0.05) is 46.3 Å². The Morgan fingerprint density at radius 3 is 2.39 bits per heavy atom. The zero-order chi connectivity index (χ0) is 14.2. The van der Waals surface area contributed by atoms with Crippen LogP contribution in [0.3, 0.4) is 0 Å². The van der Waals surface area contributed by atoms with Crippen molar-refractivity contribution < 1.29 is 9.53 Å². The van der Waals surface area contributed by atoms with E-state index in [2.05, 4.69) is 46.9 Å². The average molecular weight is 273 g/mol. The van der Waals surface area contributed by atoms with Crippen LogP contribution in [0.1, 0.15) is 53.4 Å². The van der Waals surface area contributed by atoms with Crippen molar-refractivity contribution in [2.24, 2.45) is 0 Å². The van der Waals surface area contributed by atoms with Crippen molar-refractivity contribution in [1.82, 2.24) is 0 Å². The van der Waals surface area contributed by atoms with Gasteiger partial charge in [0.1, 0.15) is 0 Å². The molecule has 0 aromatic carbocycles. The van der Waals surface area contributed by atoms with Gasteiger partial charge in [0.2, 0.25) is 0 Å². The molecule has 1 N–H and O–H groups in total. The molecule has 2 nitrogen and oxygen atoms in total. The van der Waals surface area contributed by atoms with E-state index in [0.717, 1.165) is 32.3 Å². The van der Waals surface area contributed by atoms with Crippen LogP contribution < -0.4 is 0 Å². The van der Waals surface area contributed by atoms with Gasteiger partial charge in [0, 0.05) is 6.61 Å².